The Balaban J connectivity index is 1.94. The molecular weight excluding hydrogens is 196 g/mol. The molecular formula is C15H16O. The monoisotopic (exact) mass is 212 g/mol. The van der Waals surface area contributed by atoms with Gasteiger partial charge in [0, 0.05) is 0 Å². The lowest BCUT2D eigenvalue weighted by atomic mass is 10.2. The second-order valence-electron chi connectivity index (χ2n) is 3.95. The van der Waals surface area contributed by atoms with Gasteiger partial charge in [-0.15, -0.1) is 0 Å². The summed E-state index contributed by atoms with van der Waals surface area (Å²) in [4.78, 5) is 0. The molecule has 0 amide bonds. The Morgan fingerprint density at radius 1 is 1.12 bits per heavy atom. The Morgan fingerprint density at radius 2 is 1.94 bits per heavy atom. The van der Waals surface area contributed by atoms with Crippen LogP contribution in [0.5, 0.6) is 0 Å². The summed E-state index contributed by atoms with van der Waals surface area (Å²) in [6.07, 6.45) is 10.4. The second-order valence-corrected chi connectivity index (χ2v) is 3.95. The third-order valence-corrected chi connectivity index (χ3v) is 2.49. The fourth-order valence-corrected chi connectivity index (χ4v) is 1.53. The SMILES string of the molecule is CC1C=CC=C(OCc2ccccc2)C=C1. The van der Waals surface area contributed by atoms with Crippen LogP contribution in [-0.2, 0) is 11.3 Å². The molecule has 0 aromatic heterocycles. The van der Waals surface area contributed by atoms with Crippen molar-refractivity contribution in [2.45, 2.75) is 13.5 Å². The molecule has 1 aliphatic carbocycles. The highest BCUT2D eigenvalue weighted by Crippen LogP contribution is 2.12. The summed E-state index contributed by atoms with van der Waals surface area (Å²) in [5.41, 5.74) is 1.19. The van der Waals surface area contributed by atoms with Crippen molar-refractivity contribution in [2.24, 2.45) is 5.92 Å². The first kappa shape index (κ1) is 10.7. The summed E-state index contributed by atoms with van der Waals surface area (Å²) in [6.45, 7) is 2.78. The normalized spacial score (nSPS) is 19.1. The Kier molecular flexibility index (Phi) is 3.60. The fraction of sp³-hybridized carbons (Fsp3) is 0.200. The van der Waals surface area contributed by atoms with Crippen molar-refractivity contribution < 1.29 is 4.74 Å². The molecule has 1 atom stereocenters. The van der Waals surface area contributed by atoms with Gasteiger partial charge in [-0.2, -0.15) is 0 Å². The van der Waals surface area contributed by atoms with Gasteiger partial charge in [0.1, 0.15) is 12.4 Å². The Bertz CT molecular complexity index is 412. The Labute approximate surface area is 96.8 Å². The van der Waals surface area contributed by atoms with E-state index in [0.717, 1.165) is 5.76 Å². The van der Waals surface area contributed by atoms with E-state index in [1.54, 1.807) is 0 Å². The summed E-state index contributed by atoms with van der Waals surface area (Å²) < 4.78 is 5.72. The summed E-state index contributed by atoms with van der Waals surface area (Å²) in [5.74, 6) is 1.40. The lowest BCUT2D eigenvalue weighted by molar-refractivity contribution is 0.211. The molecule has 1 aliphatic rings. The number of rotatable bonds is 3. The predicted molar refractivity (Wildman–Crippen MR) is 66.8 cm³/mol. The molecule has 16 heavy (non-hydrogen) atoms. The molecule has 1 unspecified atom stereocenters. The van der Waals surface area contributed by atoms with Crippen LogP contribution in [0.1, 0.15) is 12.5 Å². The first-order valence-electron chi connectivity index (χ1n) is 5.58. The highest BCUT2D eigenvalue weighted by molar-refractivity contribution is 5.24. The van der Waals surface area contributed by atoms with Gasteiger partial charge >= 0.3 is 0 Å². The summed E-state index contributed by atoms with van der Waals surface area (Å²) >= 11 is 0. The van der Waals surface area contributed by atoms with Gasteiger partial charge in [-0.1, -0.05) is 55.5 Å². The van der Waals surface area contributed by atoms with E-state index in [4.69, 9.17) is 4.74 Å². The maximum absolute atomic E-state index is 5.72. The van der Waals surface area contributed by atoms with E-state index in [2.05, 4.69) is 31.2 Å². The molecule has 1 heteroatoms. The van der Waals surface area contributed by atoms with Crippen molar-refractivity contribution in [3.8, 4) is 0 Å². The van der Waals surface area contributed by atoms with Gasteiger partial charge in [0.2, 0.25) is 0 Å². The van der Waals surface area contributed by atoms with Crippen LogP contribution in [0, 0.1) is 5.92 Å². The van der Waals surface area contributed by atoms with Gasteiger partial charge < -0.3 is 4.74 Å². The standard InChI is InChI=1S/C15H16O/c1-13-6-5-9-15(11-10-13)16-12-14-7-3-2-4-8-14/h2-11,13H,12H2,1H3. The molecule has 0 saturated carbocycles. The zero-order valence-electron chi connectivity index (χ0n) is 9.47. The van der Waals surface area contributed by atoms with Crippen molar-refractivity contribution in [3.63, 3.8) is 0 Å². The number of allylic oxidation sites excluding steroid dienone is 5. The molecule has 0 saturated heterocycles. The van der Waals surface area contributed by atoms with Gasteiger partial charge in [-0.05, 0) is 23.6 Å². The highest BCUT2D eigenvalue weighted by Gasteiger charge is 1.98. The topological polar surface area (TPSA) is 9.23 Å². The van der Waals surface area contributed by atoms with Crippen LogP contribution >= 0.6 is 0 Å². The van der Waals surface area contributed by atoms with Crippen LogP contribution in [0.2, 0.25) is 0 Å². The zero-order valence-corrected chi connectivity index (χ0v) is 9.47. The molecule has 0 spiro atoms. The number of hydrogen-bond acceptors (Lipinski definition) is 1. The van der Waals surface area contributed by atoms with Gasteiger partial charge in [0.25, 0.3) is 0 Å². The number of hydrogen-bond donors (Lipinski definition) is 0. The maximum atomic E-state index is 5.72. The molecule has 1 aromatic carbocycles. The largest absolute Gasteiger partial charge is 0.489 e. The minimum Gasteiger partial charge on any atom is -0.489 e. The summed E-state index contributed by atoms with van der Waals surface area (Å²) in [7, 11) is 0. The zero-order chi connectivity index (χ0) is 11.2. The van der Waals surface area contributed by atoms with E-state index >= 15 is 0 Å². The lowest BCUT2D eigenvalue weighted by Crippen LogP contribution is -1.91. The van der Waals surface area contributed by atoms with Gasteiger partial charge in [-0.3, -0.25) is 0 Å². The molecule has 82 valence electrons. The molecule has 0 bridgehead atoms. The molecule has 0 fully saturated rings. The van der Waals surface area contributed by atoms with Gasteiger partial charge in [0.15, 0.2) is 0 Å². The average Bonchev–Trinajstić information content (AvgIpc) is 2.53. The van der Waals surface area contributed by atoms with Crippen LogP contribution in [0.3, 0.4) is 0 Å². The number of ether oxygens (including phenoxy) is 1. The van der Waals surface area contributed by atoms with E-state index in [1.807, 2.05) is 36.4 Å². The highest BCUT2D eigenvalue weighted by atomic mass is 16.5. The minimum atomic E-state index is 0.481. The van der Waals surface area contributed by atoms with Crippen LogP contribution in [0.4, 0.5) is 0 Å². The maximum Gasteiger partial charge on any atom is 0.119 e. The van der Waals surface area contributed by atoms with Crippen molar-refractivity contribution in [1.29, 1.82) is 0 Å². The molecule has 0 aliphatic heterocycles. The average molecular weight is 212 g/mol. The number of benzene rings is 1. The Hall–Kier alpha value is -1.76. The van der Waals surface area contributed by atoms with Gasteiger partial charge in [-0.25, -0.2) is 0 Å². The van der Waals surface area contributed by atoms with Crippen LogP contribution < -0.4 is 0 Å². The van der Waals surface area contributed by atoms with Gasteiger partial charge in [0.05, 0.1) is 0 Å². The molecule has 0 radical (unpaired) electrons. The van der Waals surface area contributed by atoms with Crippen molar-refractivity contribution in [2.75, 3.05) is 0 Å². The predicted octanol–water partition coefficient (Wildman–Crippen LogP) is 3.85. The molecule has 1 nitrogen and oxygen atoms in total. The van der Waals surface area contributed by atoms with E-state index in [0.29, 0.717) is 12.5 Å². The molecule has 0 heterocycles. The van der Waals surface area contributed by atoms with Crippen molar-refractivity contribution in [1.82, 2.24) is 0 Å². The molecule has 2 rings (SSSR count). The second kappa shape index (κ2) is 5.36. The van der Waals surface area contributed by atoms with E-state index in [-0.39, 0.29) is 0 Å². The summed E-state index contributed by atoms with van der Waals surface area (Å²) in [6, 6.07) is 10.2. The smallest absolute Gasteiger partial charge is 0.119 e. The molecule has 1 aromatic rings. The third-order valence-electron chi connectivity index (χ3n) is 2.49. The van der Waals surface area contributed by atoms with E-state index in [9.17, 15) is 0 Å². The van der Waals surface area contributed by atoms with Crippen molar-refractivity contribution in [3.05, 3.63) is 72.0 Å². The lowest BCUT2D eigenvalue weighted by Gasteiger charge is -2.06. The third kappa shape index (κ3) is 3.13. The van der Waals surface area contributed by atoms with E-state index < -0.39 is 0 Å². The Morgan fingerprint density at radius 3 is 2.75 bits per heavy atom. The van der Waals surface area contributed by atoms with Crippen molar-refractivity contribution >= 4 is 0 Å². The first-order chi connectivity index (χ1) is 7.84. The van der Waals surface area contributed by atoms with Crippen LogP contribution in [-0.4, -0.2) is 0 Å². The quantitative estimate of drug-likeness (QED) is 0.739. The fourth-order valence-electron chi connectivity index (χ4n) is 1.53. The first-order valence-corrected chi connectivity index (χ1v) is 5.58. The minimum absolute atomic E-state index is 0.481. The van der Waals surface area contributed by atoms with E-state index in [1.165, 1.54) is 5.56 Å². The summed E-state index contributed by atoms with van der Waals surface area (Å²) in [5, 5.41) is 0. The molecule has 0 N–H and O–H groups in total. The van der Waals surface area contributed by atoms with Crippen LogP contribution in [0.25, 0.3) is 0 Å². The van der Waals surface area contributed by atoms with Crippen LogP contribution in [0.15, 0.2) is 66.5 Å².